The minimum Gasteiger partial charge on any atom is -0.300 e. The normalized spacial score (nSPS) is 13.3. The highest BCUT2D eigenvalue weighted by Crippen LogP contribution is 2.20. The van der Waals surface area contributed by atoms with E-state index in [1.807, 2.05) is 19.1 Å². The Morgan fingerprint density at radius 2 is 1.89 bits per heavy atom. The van der Waals surface area contributed by atoms with E-state index in [2.05, 4.69) is 13.2 Å². The molecule has 0 aliphatic heterocycles. The van der Waals surface area contributed by atoms with Crippen LogP contribution in [0.3, 0.4) is 0 Å². The summed E-state index contributed by atoms with van der Waals surface area (Å²) in [6.07, 6.45) is 10.3. The molecule has 0 aromatic heterocycles. The Kier molecular flexibility index (Phi) is 8.46. The molecule has 1 atom stereocenters. The van der Waals surface area contributed by atoms with Crippen LogP contribution in [-0.2, 0) is 9.59 Å². The van der Waals surface area contributed by atoms with Crippen LogP contribution in [0.2, 0.25) is 0 Å². The summed E-state index contributed by atoms with van der Waals surface area (Å²) in [5, 5.41) is 0. The first-order chi connectivity index (χ1) is 8.56. The fourth-order valence-electron chi connectivity index (χ4n) is 1.69. The molecule has 0 rings (SSSR count). The Bertz CT molecular complexity index is 373. The summed E-state index contributed by atoms with van der Waals surface area (Å²) in [4.78, 5) is 23.0. The topological polar surface area (TPSA) is 34.1 Å². The number of ketones is 2. The molecule has 0 spiro atoms. The van der Waals surface area contributed by atoms with E-state index < -0.39 is 0 Å². The molecule has 0 radical (unpaired) electrons. The number of carbonyl (C=O) groups excluding carboxylic acids is 2. The lowest BCUT2D eigenvalue weighted by molar-refractivity contribution is -0.121. The maximum Gasteiger partial charge on any atom is 0.137 e. The zero-order valence-electron chi connectivity index (χ0n) is 11.3. The van der Waals surface area contributed by atoms with Gasteiger partial charge in [-0.2, -0.15) is 0 Å². The first-order valence-electron chi connectivity index (χ1n) is 6.20. The fraction of sp³-hybridized carbons (Fsp3) is 0.375. The molecule has 98 valence electrons. The van der Waals surface area contributed by atoms with E-state index in [9.17, 15) is 9.59 Å². The van der Waals surface area contributed by atoms with Crippen molar-refractivity contribution in [3.8, 4) is 0 Å². The number of carbonyl (C=O) groups is 2. The molecule has 0 aromatic rings. The van der Waals surface area contributed by atoms with E-state index in [0.29, 0.717) is 19.3 Å². The number of hydrogen-bond acceptors (Lipinski definition) is 2. The van der Waals surface area contributed by atoms with E-state index >= 15 is 0 Å². The van der Waals surface area contributed by atoms with Gasteiger partial charge in [0.05, 0.1) is 0 Å². The van der Waals surface area contributed by atoms with Gasteiger partial charge in [0.1, 0.15) is 11.6 Å². The second kappa shape index (κ2) is 9.34. The molecule has 0 aliphatic carbocycles. The number of rotatable bonds is 9. The average molecular weight is 246 g/mol. The van der Waals surface area contributed by atoms with Gasteiger partial charge in [0.15, 0.2) is 0 Å². The first kappa shape index (κ1) is 16.3. The molecule has 2 nitrogen and oxygen atoms in total. The van der Waals surface area contributed by atoms with Crippen LogP contribution in [-0.4, -0.2) is 11.6 Å². The van der Waals surface area contributed by atoms with E-state index in [1.165, 1.54) is 0 Å². The van der Waals surface area contributed by atoms with Crippen molar-refractivity contribution in [2.45, 2.75) is 33.1 Å². The maximum atomic E-state index is 11.7. The summed E-state index contributed by atoms with van der Waals surface area (Å²) in [6.45, 7) is 10.6. The fourth-order valence-corrected chi connectivity index (χ4v) is 1.69. The Morgan fingerprint density at radius 3 is 2.33 bits per heavy atom. The Hall–Kier alpha value is -1.70. The third-order valence-corrected chi connectivity index (χ3v) is 2.73. The van der Waals surface area contributed by atoms with Crippen LogP contribution < -0.4 is 0 Å². The minimum absolute atomic E-state index is 0.0701. The van der Waals surface area contributed by atoms with Gasteiger partial charge in [0.25, 0.3) is 0 Å². The molecule has 0 saturated heterocycles. The molecule has 0 aliphatic rings. The van der Waals surface area contributed by atoms with Crippen LogP contribution in [0.5, 0.6) is 0 Å². The van der Waals surface area contributed by atoms with Crippen LogP contribution in [0.1, 0.15) is 33.1 Å². The predicted octanol–water partition coefficient (Wildman–Crippen LogP) is 3.81. The highest BCUT2D eigenvalue weighted by atomic mass is 16.1. The van der Waals surface area contributed by atoms with E-state index in [-0.39, 0.29) is 17.5 Å². The van der Waals surface area contributed by atoms with Crippen molar-refractivity contribution in [2.24, 2.45) is 5.92 Å². The second-order valence-corrected chi connectivity index (χ2v) is 4.09. The first-order valence-corrected chi connectivity index (χ1v) is 6.20. The molecule has 0 heterocycles. The molecule has 0 amide bonds. The quantitative estimate of drug-likeness (QED) is 0.580. The van der Waals surface area contributed by atoms with Gasteiger partial charge in [-0.15, -0.1) is 0 Å². The zero-order chi connectivity index (χ0) is 14.0. The maximum absolute atomic E-state index is 11.7. The summed E-state index contributed by atoms with van der Waals surface area (Å²) in [7, 11) is 0. The smallest absolute Gasteiger partial charge is 0.137 e. The Balaban J connectivity index is 4.93. The van der Waals surface area contributed by atoms with Gasteiger partial charge in [-0.25, -0.2) is 0 Å². The molecule has 2 heteroatoms. The highest BCUT2D eigenvalue weighted by molar-refractivity contribution is 5.83. The van der Waals surface area contributed by atoms with Gasteiger partial charge >= 0.3 is 0 Å². The van der Waals surface area contributed by atoms with Crippen molar-refractivity contribution in [2.75, 3.05) is 0 Å². The predicted molar refractivity (Wildman–Crippen MR) is 76.3 cm³/mol. The molecular weight excluding hydrogens is 224 g/mol. The lowest BCUT2D eigenvalue weighted by Gasteiger charge is -2.14. The van der Waals surface area contributed by atoms with Crippen molar-refractivity contribution in [3.63, 3.8) is 0 Å². The number of Topliss-reactive ketones (excluding diaryl/α,β-unsaturated/α-hetero) is 2. The largest absolute Gasteiger partial charge is 0.300 e. The molecule has 0 aromatic carbocycles. The van der Waals surface area contributed by atoms with Crippen LogP contribution in [0.15, 0.2) is 49.1 Å². The molecule has 18 heavy (non-hydrogen) atoms. The molecule has 1 unspecified atom stereocenters. The molecule has 0 fully saturated rings. The summed E-state index contributed by atoms with van der Waals surface area (Å²) in [5.41, 5.74) is 0.876. The third kappa shape index (κ3) is 6.14. The van der Waals surface area contributed by atoms with Crippen molar-refractivity contribution in [1.82, 2.24) is 0 Å². The van der Waals surface area contributed by atoms with Gasteiger partial charge in [0, 0.05) is 18.8 Å². The average Bonchev–Trinajstić information content (AvgIpc) is 2.35. The summed E-state index contributed by atoms with van der Waals surface area (Å²) >= 11 is 0. The molecule has 0 bridgehead atoms. The van der Waals surface area contributed by atoms with Gasteiger partial charge in [-0.05, 0) is 18.9 Å². The van der Waals surface area contributed by atoms with Crippen LogP contribution >= 0.6 is 0 Å². The van der Waals surface area contributed by atoms with Gasteiger partial charge in [0.2, 0.25) is 0 Å². The van der Waals surface area contributed by atoms with Crippen LogP contribution in [0.25, 0.3) is 0 Å². The van der Waals surface area contributed by atoms with Crippen molar-refractivity contribution < 1.29 is 9.59 Å². The zero-order valence-corrected chi connectivity index (χ0v) is 11.3. The Labute approximate surface area is 110 Å². The van der Waals surface area contributed by atoms with Crippen molar-refractivity contribution in [3.05, 3.63) is 49.1 Å². The van der Waals surface area contributed by atoms with E-state index in [4.69, 9.17) is 0 Å². The second-order valence-electron chi connectivity index (χ2n) is 4.09. The molecule has 0 saturated carbocycles. The molecular formula is C16H22O2. The summed E-state index contributed by atoms with van der Waals surface area (Å²) in [5.74, 6) is 0.0160. The molecule has 0 N–H and O–H groups in total. The summed E-state index contributed by atoms with van der Waals surface area (Å²) < 4.78 is 0. The van der Waals surface area contributed by atoms with Crippen LogP contribution in [0, 0.1) is 5.92 Å². The standard InChI is InChI=1S/C16H22O2/c1-5-8-10-14(9-6-2)16(13(4)17)12-11-15(18)7-3/h5-6,8-10,16H,1-2,7,11-12H2,3-4H3/b10-8-,14-9+. The number of allylic oxidation sites excluding steroid dienone is 6. The minimum atomic E-state index is -0.241. The summed E-state index contributed by atoms with van der Waals surface area (Å²) in [6, 6.07) is 0. The van der Waals surface area contributed by atoms with Crippen LogP contribution in [0.4, 0.5) is 0 Å². The lowest BCUT2D eigenvalue weighted by atomic mass is 9.89. The van der Waals surface area contributed by atoms with Gasteiger partial charge in [-0.3, -0.25) is 9.59 Å². The van der Waals surface area contributed by atoms with Crippen molar-refractivity contribution in [1.29, 1.82) is 0 Å². The van der Waals surface area contributed by atoms with Gasteiger partial charge in [-0.1, -0.05) is 50.5 Å². The SMILES string of the molecule is C=C/C=C\C(=C/C=C)C(CCC(=O)CC)C(C)=O. The highest BCUT2D eigenvalue weighted by Gasteiger charge is 2.18. The monoisotopic (exact) mass is 246 g/mol. The lowest BCUT2D eigenvalue weighted by Crippen LogP contribution is -2.14. The Morgan fingerprint density at radius 1 is 1.22 bits per heavy atom. The van der Waals surface area contributed by atoms with E-state index in [0.717, 1.165) is 5.57 Å². The van der Waals surface area contributed by atoms with E-state index in [1.54, 1.807) is 25.2 Å². The number of hydrogen-bond donors (Lipinski definition) is 0. The van der Waals surface area contributed by atoms with Crippen molar-refractivity contribution >= 4 is 11.6 Å². The van der Waals surface area contributed by atoms with Gasteiger partial charge < -0.3 is 0 Å². The third-order valence-electron chi connectivity index (χ3n) is 2.73.